The average molecular weight is 436 g/mol. The third-order valence-electron chi connectivity index (χ3n) is 4.60. The highest BCUT2D eigenvalue weighted by Crippen LogP contribution is 2.23. The first-order valence-electron chi connectivity index (χ1n) is 9.55. The first-order valence-corrected chi connectivity index (χ1v) is 9.55. The predicted octanol–water partition coefficient (Wildman–Crippen LogP) is 1.45. The number of benzene rings is 1. The number of fused-ring (bicyclic) bond motifs is 1. The molecule has 10 nitrogen and oxygen atoms in total. The van der Waals surface area contributed by atoms with Crippen LogP contribution in [0.1, 0.15) is 17.4 Å². The minimum atomic E-state index is -0.920. The zero-order valence-electron chi connectivity index (χ0n) is 16.9. The molecule has 0 radical (unpaired) electrons. The normalized spacial score (nSPS) is 10.9. The number of hydrogen-bond acceptors (Lipinski definition) is 7. The van der Waals surface area contributed by atoms with E-state index in [1.807, 2.05) is 0 Å². The van der Waals surface area contributed by atoms with Crippen LogP contribution in [0.25, 0.3) is 28.2 Å². The quantitative estimate of drug-likeness (QED) is 0.452. The minimum absolute atomic E-state index is 0.0218. The number of carbonyl (C=O) groups excluding carboxylic acids is 2. The standard InChI is InChI=1S/C21H17FN6O4/c1-2-32-15(29)11-27-17-16(18(23)30)25-19(12-4-3-9-24-10-12)26-20(17)28(21(27)31)14-7-5-13(22)6-8-14/h3-10H,2,11H2,1H3,(H2,23,30). The Morgan fingerprint density at radius 3 is 2.53 bits per heavy atom. The van der Waals surface area contributed by atoms with Gasteiger partial charge in [-0.25, -0.2) is 23.7 Å². The van der Waals surface area contributed by atoms with Crippen molar-refractivity contribution in [3.63, 3.8) is 0 Å². The Kier molecular flexibility index (Phi) is 5.46. The van der Waals surface area contributed by atoms with E-state index in [1.54, 1.807) is 25.3 Å². The van der Waals surface area contributed by atoms with Crippen LogP contribution in [0, 0.1) is 5.82 Å². The Balaban J connectivity index is 2.08. The van der Waals surface area contributed by atoms with Gasteiger partial charge in [0.15, 0.2) is 17.2 Å². The van der Waals surface area contributed by atoms with Crippen LogP contribution in [0.4, 0.5) is 4.39 Å². The van der Waals surface area contributed by atoms with E-state index in [9.17, 15) is 18.8 Å². The van der Waals surface area contributed by atoms with E-state index in [2.05, 4.69) is 15.0 Å². The summed E-state index contributed by atoms with van der Waals surface area (Å²) in [4.78, 5) is 50.5. The second-order valence-electron chi connectivity index (χ2n) is 6.66. The van der Waals surface area contributed by atoms with E-state index < -0.39 is 29.9 Å². The molecule has 0 saturated heterocycles. The molecule has 1 amide bonds. The number of halogens is 1. The molecule has 4 aromatic rings. The summed E-state index contributed by atoms with van der Waals surface area (Å²) >= 11 is 0. The summed E-state index contributed by atoms with van der Waals surface area (Å²) in [5.41, 5.74) is 5.36. The van der Waals surface area contributed by atoms with Crippen LogP contribution >= 0.6 is 0 Å². The fraction of sp³-hybridized carbons (Fsp3) is 0.143. The van der Waals surface area contributed by atoms with E-state index >= 15 is 0 Å². The van der Waals surface area contributed by atoms with Crippen LogP contribution in [-0.4, -0.2) is 42.6 Å². The Morgan fingerprint density at radius 1 is 1.16 bits per heavy atom. The van der Waals surface area contributed by atoms with Gasteiger partial charge in [-0.2, -0.15) is 0 Å². The van der Waals surface area contributed by atoms with E-state index in [0.717, 1.165) is 9.13 Å². The van der Waals surface area contributed by atoms with Gasteiger partial charge in [0.05, 0.1) is 12.3 Å². The third kappa shape index (κ3) is 3.71. The third-order valence-corrected chi connectivity index (χ3v) is 4.60. The van der Waals surface area contributed by atoms with E-state index in [-0.39, 0.29) is 35.0 Å². The summed E-state index contributed by atoms with van der Waals surface area (Å²) in [6, 6.07) is 8.44. The molecule has 0 spiro atoms. The molecule has 32 heavy (non-hydrogen) atoms. The molecule has 3 aromatic heterocycles. The van der Waals surface area contributed by atoms with Gasteiger partial charge in [0.25, 0.3) is 5.91 Å². The van der Waals surface area contributed by atoms with Gasteiger partial charge in [-0.3, -0.25) is 19.1 Å². The molecular weight excluding hydrogens is 419 g/mol. The van der Waals surface area contributed by atoms with Gasteiger partial charge in [-0.05, 0) is 43.3 Å². The molecule has 0 aliphatic heterocycles. The molecule has 0 unspecified atom stereocenters. The number of hydrogen-bond donors (Lipinski definition) is 1. The number of primary amides is 1. The van der Waals surface area contributed by atoms with E-state index in [1.165, 1.54) is 30.5 Å². The maximum Gasteiger partial charge on any atom is 0.335 e. The summed E-state index contributed by atoms with van der Waals surface area (Å²) in [7, 11) is 0. The highest BCUT2D eigenvalue weighted by Gasteiger charge is 2.25. The highest BCUT2D eigenvalue weighted by molar-refractivity contribution is 6.02. The van der Waals surface area contributed by atoms with E-state index in [4.69, 9.17) is 10.5 Å². The molecule has 162 valence electrons. The lowest BCUT2D eigenvalue weighted by atomic mass is 10.2. The number of pyridine rings is 1. The van der Waals surface area contributed by atoms with Gasteiger partial charge in [-0.15, -0.1) is 0 Å². The van der Waals surface area contributed by atoms with Gasteiger partial charge in [0.1, 0.15) is 17.9 Å². The van der Waals surface area contributed by atoms with Gasteiger partial charge in [0, 0.05) is 18.0 Å². The highest BCUT2D eigenvalue weighted by atomic mass is 19.1. The van der Waals surface area contributed by atoms with Crippen LogP contribution in [0.15, 0.2) is 53.6 Å². The molecule has 0 atom stereocenters. The maximum atomic E-state index is 13.5. The average Bonchev–Trinajstić information content (AvgIpc) is 3.05. The van der Waals surface area contributed by atoms with Gasteiger partial charge >= 0.3 is 11.7 Å². The van der Waals surface area contributed by atoms with Crippen molar-refractivity contribution in [1.82, 2.24) is 24.1 Å². The van der Waals surface area contributed by atoms with E-state index in [0.29, 0.717) is 5.56 Å². The zero-order valence-corrected chi connectivity index (χ0v) is 16.9. The summed E-state index contributed by atoms with van der Waals surface area (Å²) < 4.78 is 20.6. The number of nitrogens with two attached hydrogens (primary N) is 1. The SMILES string of the molecule is CCOC(=O)Cn1c(=O)n(-c2ccc(F)cc2)c2nc(-c3cccnc3)nc(C(N)=O)c21. The van der Waals surface area contributed by atoms with Crippen molar-refractivity contribution < 1.29 is 18.7 Å². The van der Waals surface area contributed by atoms with Gasteiger partial charge in [-0.1, -0.05) is 0 Å². The van der Waals surface area contributed by atoms with Crippen LogP contribution < -0.4 is 11.4 Å². The molecule has 0 bridgehead atoms. The topological polar surface area (TPSA) is 135 Å². The molecule has 0 fully saturated rings. The van der Waals surface area contributed by atoms with Crippen LogP contribution in [0.5, 0.6) is 0 Å². The Hall–Kier alpha value is -4.41. The minimum Gasteiger partial charge on any atom is -0.465 e. The molecule has 4 rings (SSSR count). The number of aromatic nitrogens is 5. The molecule has 0 saturated carbocycles. The second-order valence-corrected chi connectivity index (χ2v) is 6.66. The van der Waals surface area contributed by atoms with Crippen LogP contribution in [-0.2, 0) is 16.1 Å². The van der Waals surface area contributed by atoms with Crippen molar-refractivity contribution in [2.45, 2.75) is 13.5 Å². The number of nitrogens with zero attached hydrogens (tertiary/aromatic N) is 5. The molecule has 1 aromatic carbocycles. The van der Waals surface area contributed by atoms with Crippen molar-refractivity contribution >= 4 is 23.0 Å². The maximum absolute atomic E-state index is 13.5. The lowest BCUT2D eigenvalue weighted by Gasteiger charge is -2.07. The fourth-order valence-corrected chi connectivity index (χ4v) is 3.26. The second kappa shape index (κ2) is 8.38. The van der Waals surface area contributed by atoms with Gasteiger partial charge < -0.3 is 10.5 Å². The zero-order chi connectivity index (χ0) is 22.8. The number of imidazole rings is 1. The first-order chi connectivity index (χ1) is 15.4. The van der Waals surface area contributed by atoms with Crippen molar-refractivity contribution in [3.8, 4) is 17.1 Å². The molecule has 0 aliphatic carbocycles. The van der Waals surface area contributed by atoms with Crippen LogP contribution in [0.3, 0.4) is 0 Å². The largest absolute Gasteiger partial charge is 0.465 e. The Bertz CT molecular complexity index is 1380. The number of carbonyl (C=O) groups is 2. The monoisotopic (exact) mass is 436 g/mol. The van der Waals surface area contributed by atoms with Crippen molar-refractivity contribution in [3.05, 3.63) is 70.8 Å². The van der Waals surface area contributed by atoms with Crippen molar-refractivity contribution in [2.75, 3.05) is 6.61 Å². The number of esters is 1. The van der Waals surface area contributed by atoms with Crippen molar-refractivity contribution in [1.29, 1.82) is 0 Å². The number of amides is 1. The smallest absolute Gasteiger partial charge is 0.335 e. The summed E-state index contributed by atoms with van der Waals surface area (Å²) in [5, 5.41) is 0. The molecule has 0 aliphatic rings. The summed E-state index contributed by atoms with van der Waals surface area (Å²) in [5.74, 6) is -2.01. The molecule has 11 heteroatoms. The number of rotatable bonds is 6. The summed E-state index contributed by atoms with van der Waals surface area (Å²) in [6.07, 6.45) is 3.04. The molecule has 3 heterocycles. The Morgan fingerprint density at radius 2 is 1.91 bits per heavy atom. The fourth-order valence-electron chi connectivity index (χ4n) is 3.26. The number of ether oxygens (including phenoxy) is 1. The van der Waals surface area contributed by atoms with Crippen molar-refractivity contribution in [2.24, 2.45) is 5.73 Å². The van der Waals surface area contributed by atoms with Gasteiger partial charge in [0.2, 0.25) is 0 Å². The first kappa shape index (κ1) is 20.8. The lowest BCUT2D eigenvalue weighted by molar-refractivity contribution is -0.143. The summed E-state index contributed by atoms with van der Waals surface area (Å²) in [6.45, 7) is 1.24. The predicted molar refractivity (Wildman–Crippen MR) is 111 cm³/mol. The van der Waals surface area contributed by atoms with Crippen LogP contribution in [0.2, 0.25) is 0 Å². The Labute approximate surface area is 180 Å². The lowest BCUT2D eigenvalue weighted by Crippen LogP contribution is -2.28. The molecule has 2 N–H and O–H groups in total. The molecular formula is C21H17FN6O4.